The zero-order valence-electron chi connectivity index (χ0n) is 12.6. The van der Waals surface area contributed by atoms with E-state index in [-0.39, 0.29) is 11.4 Å². The molecule has 0 radical (unpaired) electrons. The van der Waals surface area contributed by atoms with Crippen molar-refractivity contribution in [2.24, 2.45) is 0 Å². The molecule has 9 heteroatoms. The van der Waals surface area contributed by atoms with Crippen LogP contribution in [0.5, 0.6) is 0 Å². The Labute approximate surface area is 154 Å². The number of halogens is 3. The Hall–Kier alpha value is -1.63. The van der Waals surface area contributed by atoms with Crippen molar-refractivity contribution in [1.82, 2.24) is 25.1 Å². The number of benzene rings is 1. The molecule has 6 nitrogen and oxygen atoms in total. The van der Waals surface area contributed by atoms with Gasteiger partial charge in [0.25, 0.3) is 3.79 Å². The predicted molar refractivity (Wildman–Crippen MR) is 93.2 cm³/mol. The largest absolute Gasteiger partial charge is 0.377 e. The molecule has 0 unspecified atom stereocenters. The van der Waals surface area contributed by atoms with Gasteiger partial charge in [0, 0.05) is 19.3 Å². The Bertz CT molecular complexity index is 748. The highest BCUT2D eigenvalue weighted by molar-refractivity contribution is 6.79. The fourth-order valence-electron chi connectivity index (χ4n) is 2.52. The molecule has 0 saturated carbocycles. The first kappa shape index (κ1) is 17.2. The molecule has 0 amide bonds. The molecule has 0 atom stereocenters. The molecule has 1 aliphatic rings. The zero-order chi connectivity index (χ0) is 17.2. The molecule has 24 heavy (non-hydrogen) atoms. The summed E-state index contributed by atoms with van der Waals surface area (Å²) in [5, 5.41) is 11.6. The first-order valence-electron chi connectivity index (χ1n) is 7.38. The average Bonchev–Trinajstić information content (AvgIpc) is 3.23. The van der Waals surface area contributed by atoms with Gasteiger partial charge in [-0.3, -0.25) is 4.79 Å². The zero-order valence-corrected chi connectivity index (χ0v) is 14.8. The summed E-state index contributed by atoms with van der Waals surface area (Å²) in [6, 6.07) is 9.23. The summed E-state index contributed by atoms with van der Waals surface area (Å²) in [6.07, 6.45) is 3.78. The topological polar surface area (TPSA) is 63.9 Å². The predicted octanol–water partition coefficient (Wildman–Crippen LogP) is 3.04. The van der Waals surface area contributed by atoms with Gasteiger partial charge in [-0.25, -0.2) is 0 Å². The van der Waals surface area contributed by atoms with Crippen LogP contribution in [0.15, 0.2) is 36.5 Å². The van der Waals surface area contributed by atoms with Crippen molar-refractivity contribution in [3.63, 3.8) is 0 Å². The van der Waals surface area contributed by atoms with Gasteiger partial charge >= 0.3 is 0 Å². The fraction of sp³-hybridized carbons (Fsp3) is 0.333. The van der Waals surface area contributed by atoms with Crippen LogP contribution in [0.2, 0.25) is 0 Å². The van der Waals surface area contributed by atoms with Gasteiger partial charge in [-0.05, 0) is 35.4 Å². The van der Waals surface area contributed by atoms with Gasteiger partial charge in [-0.15, -0.1) is 5.10 Å². The fourth-order valence-corrected chi connectivity index (χ4v) is 2.83. The molecule has 1 aromatic heterocycles. The molecule has 3 rings (SSSR count). The lowest BCUT2D eigenvalue weighted by atomic mass is 10.1. The molecule has 2 aromatic rings. The quantitative estimate of drug-likeness (QED) is 0.597. The number of carbonyl (C=O) groups is 1. The van der Waals surface area contributed by atoms with E-state index in [4.69, 9.17) is 34.8 Å². The minimum absolute atomic E-state index is 0.172. The van der Waals surface area contributed by atoms with Crippen molar-refractivity contribution in [2.75, 3.05) is 13.1 Å². The van der Waals surface area contributed by atoms with Crippen molar-refractivity contribution in [3.8, 4) is 5.69 Å². The number of nitrogens with zero attached hydrogens (tertiary/aromatic N) is 5. The Morgan fingerprint density at radius 1 is 1.12 bits per heavy atom. The number of ketones is 1. The maximum absolute atomic E-state index is 12.6. The van der Waals surface area contributed by atoms with E-state index in [1.165, 1.54) is 4.68 Å². The van der Waals surface area contributed by atoms with E-state index in [9.17, 15) is 4.79 Å². The molecular formula is C15H14Cl3N5O. The van der Waals surface area contributed by atoms with E-state index < -0.39 is 9.58 Å². The number of aromatic nitrogens is 4. The third kappa shape index (κ3) is 3.71. The van der Waals surface area contributed by atoms with Gasteiger partial charge in [-0.1, -0.05) is 53.0 Å². The minimum atomic E-state index is -2.08. The third-order valence-electron chi connectivity index (χ3n) is 3.67. The van der Waals surface area contributed by atoms with Crippen LogP contribution in [0.25, 0.3) is 11.3 Å². The maximum Gasteiger partial charge on any atom is 0.253 e. The third-order valence-corrected chi connectivity index (χ3v) is 4.18. The monoisotopic (exact) mass is 385 g/mol. The number of para-hydroxylation sites is 1. The number of allylic oxidation sites excluding steroid dienone is 1. The SMILES string of the molecule is O=C(C(=CN1CCCC1)c1nnnn1-c1ccccc1)C(Cl)(Cl)Cl. The van der Waals surface area contributed by atoms with Crippen LogP contribution in [0.1, 0.15) is 18.7 Å². The first-order chi connectivity index (χ1) is 11.5. The van der Waals surface area contributed by atoms with Crippen LogP contribution >= 0.6 is 34.8 Å². The molecule has 0 bridgehead atoms. The van der Waals surface area contributed by atoms with Crippen molar-refractivity contribution in [2.45, 2.75) is 16.6 Å². The normalized spacial score (nSPS) is 15.8. The average molecular weight is 387 g/mol. The molecule has 1 aliphatic heterocycles. The Morgan fingerprint density at radius 2 is 1.79 bits per heavy atom. The summed E-state index contributed by atoms with van der Waals surface area (Å²) >= 11 is 17.5. The van der Waals surface area contributed by atoms with Crippen LogP contribution in [0.3, 0.4) is 0 Å². The van der Waals surface area contributed by atoms with Gasteiger partial charge in [0.1, 0.15) is 0 Å². The van der Waals surface area contributed by atoms with Crippen LogP contribution in [-0.2, 0) is 4.79 Å². The van der Waals surface area contributed by atoms with E-state index >= 15 is 0 Å². The second kappa shape index (κ2) is 7.09. The molecule has 1 fully saturated rings. The number of alkyl halides is 3. The van der Waals surface area contributed by atoms with Crippen LogP contribution < -0.4 is 0 Å². The molecule has 2 heterocycles. The van der Waals surface area contributed by atoms with E-state index in [2.05, 4.69) is 15.5 Å². The van der Waals surface area contributed by atoms with Crippen molar-refractivity contribution in [3.05, 3.63) is 42.4 Å². The van der Waals surface area contributed by atoms with E-state index in [1.54, 1.807) is 6.20 Å². The lowest BCUT2D eigenvalue weighted by Gasteiger charge is -2.17. The summed E-state index contributed by atoms with van der Waals surface area (Å²) in [5.74, 6) is -0.421. The van der Waals surface area contributed by atoms with Crippen LogP contribution in [0, 0.1) is 0 Å². The van der Waals surface area contributed by atoms with E-state index in [1.807, 2.05) is 35.2 Å². The van der Waals surface area contributed by atoms with Crippen LogP contribution in [0.4, 0.5) is 0 Å². The van der Waals surface area contributed by atoms with Gasteiger partial charge < -0.3 is 4.90 Å². The van der Waals surface area contributed by atoms with Gasteiger partial charge in [0.05, 0.1) is 11.3 Å². The molecule has 0 N–H and O–H groups in total. The van der Waals surface area contributed by atoms with Crippen LogP contribution in [-0.4, -0.2) is 47.8 Å². The first-order valence-corrected chi connectivity index (χ1v) is 8.52. The summed E-state index contributed by atoms with van der Waals surface area (Å²) in [4.78, 5) is 14.6. The molecule has 1 saturated heterocycles. The number of hydrogen-bond donors (Lipinski definition) is 0. The molecule has 1 aromatic carbocycles. The lowest BCUT2D eigenvalue weighted by molar-refractivity contribution is -0.113. The highest BCUT2D eigenvalue weighted by Gasteiger charge is 2.37. The second-order valence-corrected chi connectivity index (χ2v) is 7.64. The van der Waals surface area contributed by atoms with E-state index in [0.717, 1.165) is 25.9 Å². The number of hydrogen-bond acceptors (Lipinski definition) is 5. The standard InChI is InChI=1S/C15H14Cl3N5O/c16-15(17,18)13(24)12(10-22-8-4-5-9-22)14-19-20-21-23(14)11-6-2-1-3-7-11/h1-3,6-7,10H,4-5,8-9H2. The number of tetrazole rings is 1. The van der Waals surface area contributed by atoms with Gasteiger partial charge in [0.2, 0.25) is 5.78 Å². The second-order valence-electron chi connectivity index (χ2n) is 5.36. The summed E-state index contributed by atoms with van der Waals surface area (Å²) in [6.45, 7) is 1.67. The molecular weight excluding hydrogens is 373 g/mol. The highest BCUT2D eigenvalue weighted by atomic mass is 35.6. The lowest BCUT2D eigenvalue weighted by Crippen LogP contribution is -2.24. The number of rotatable bonds is 4. The summed E-state index contributed by atoms with van der Waals surface area (Å²) in [7, 11) is 0. The highest BCUT2D eigenvalue weighted by Crippen LogP contribution is 2.34. The van der Waals surface area contributed by atoms with Crippen molar-refractivity contribution >= 4 is 46.2 Å². The molecule has 126 valence electrons. The smallest absolute Gasteiger partial charge is 0.253 e. The number of likely N-dealkylation sites (tertiary alicyclic amines) is 1. The van der Waals surface area contributed by atoms with Crippen molar-refractivity contribution in [1.29, 1.82) is 0 Å². The molecule has 0 aliphatic carbocycles. The van der Waals surface area contributed by atoms with E-state index in [0.29, 0.717) is 5.69 Å². The van der Waals surface area contributed by atoms with Gasteiger partial charge in [-0.2, -0.15) is 4.68 Å². The minimum Gasteiger partial charge on any atom is -0.377 e. The number of carbonyl (C=O) groups excluding carboxylic acids is 1. The number of Topliss-reactive ketones (excluding diaryl/α,β-unsaturated/α-hetero) is 1. The Kier molecular flexibility index (Phi) is 5.08. The summed E-state index contributed by atoms with van der Waals surface area (Å²) in [5.41, 5.74) is 0.882. The molecule has 0 spiro atoms. The Balaban J connectivity index is 2.07. The Morgan fingerprint density at radius 3 is 2.42 bits per heavy atom. The summed E-state index contributed by atoms with van der Waals surface area (Å²) < 4.78 is -0.630. The van der Waals surface area contributed by atoms with Gasteiger partial charge in [0.15, 0.2) is 5.82 Å². The maximum atomic E-state index is 12.6. The van der Waals surface area contributed by atoms with Crippen molar-refractivity contribution < 1.29 is 4.79 Å².